The molecule has 1 N–H and O–H groups in total. The fourth-order valence-corrected chi connectivity index (χ4v) is 4.67. The van der Waals surface area contributed by atoms with Crippen LogP contribution in [0.1, 0.15) is 24.3 Å². The van der Waals surface area contributed by atoms with Gasteiger partial charge < -0.3 is 10.2 Å². The van der Waals surface area contributed by atoms with Crippen LogP contribution in [-0.2, 0) is 0 Å². The van der Waals surface area contributed by atoms with Crippen molar-refractivity contribution < 1.29 is 0 Å². The fourth-order valence-electron chi connectivity index (χ4n) is 4.67. The number of hydrogen-bond donors (Lipinski definition) is 1. The number of para-hydroxylation sites is 1. The molecule has 0 aromatic heterocycles. The Bertz CT molecular complexity index is 886. The zero-order valence-corrected chi connectivity index (χ0v) is 14.9. The highest BCUT2D eigenvalue weighted by atomic mass is 15.2. The van der Waals surface area contributed by atoms with Crippen LogP contribution >= 0.6 is 0 Å². The van der Waals surface area contributed by atoms with Crippen LogP contribution in [-0.4, -0.2) is 19.1 Å². The number of hydrogen-bond acceptors (Lipinski definition) is 2. The first-order valence-corrected chi connectivity index (χ1v) is 9.66. The molecule has 0 radical (unpaired) electrons. The zero-order valence-electron chi connectivity index (χ0n) is 14.9. The minimum Gasteiger partial charge on any atom is -0.337 e. The second kappa shape index (κ2) is 6.62. The summed E-state index contributed by atoms with van der Waals surface area (Å²) in [6.07, 6.45) is 2.42. The van der Waals surface area contributed by atoms with Crippen LogP contribution in [0.5, 0.6) is 0 Å². The lowest BCUT2D eigenvalue weighted by Gasteiger charge is -2.29. The van der Waals surface area contributed by atoms with Crippen LogP contribution in [0.25, 0.3) is 11.1 Å². The van der Waals surface area contributed by atoms with Crippen LogP contribution in [0.4, 0.5) is 11.4 Å². The molecule has 2 nitrogen and oxygen atoms in total. The molecule has 3 aromatic rings. The number of nitrogens with zero attached hydrogens (tertiary/aromatic N) is 1. The van der Waals surface area contributed by atoms with Crippen LogP contribution in [0, 0.1) is 0 Å². The highest BCUT2D eigenvalue weighted by Gasteiger charge is 2.39. The Hall–Kier alpha value is -2.58. The number of nitrogens with one attached hydrogen (secondary N) is 1. The molecule has 0 bridgehead atoms. The summed E-state index contributed by atoms with van der Waals surface area (Å²) < 4.78 is 0. The van der Waals surface area contributed by atoms with Crippen molar-refractivity contribution in [3.05, 3.63) is 84.4 Å². The summed E-state index contributed by atoms with van der Waals surface area (Å²) in [6.45, 7) is 2.23. The molecule has 3 aromatic carbocycles. The summed E-state index contributed by atoms with van der Waals surface area (Å²) in [5.74, 6) is 0.634. The monoisotopic (exact) mass is 340 g/mol. The van der Waals surface area contributed by atoms with Gasteiger partial charge in [-0.2, -0.15) is 0 Å². The molecule has 130 valence electrons. The Morgan fingerprint density at radius 2 is 1.38 bits per heavy atom. The third-order valence-electron chi connectivity index (χ3n) is 5.89. The third-order valence-corrected chi connectivity index (χ3v) is 5.89. The molecule has 2 aliphatic rings. The van der Waals surface area contributed by atoms with Gasteiger partial charge in [0.2, 0.25) is 0 Å². The van der Waals surface area contributed by atoms with Crippen LogP contribution < -0.4 is 10.2 Å². The quantitative estimate of drug-likeness (QED) is 0.677. The lowest BCUT2D eigenvalue weighted by atomic mass is 9.91. The van der Waals surface area contributed by atoms with E-state index in [1.54, 1.807) is 0 Å². The number of rotatable bonds is 2. The van der Waals surface area contributed by atoms with E-state index in [1.165, 1.54) is 40.9 Å². The Kier molecular flexibility index (Phi) is 3.99. The summed E-state index contributed by atoms with van der Waals surface area (Å²) in [7, 11) is 0. The number of benzene rings is 3. The Balaban J connectivity index is 1.54. The molecule has 0 saturated carbocycles. The van der Waals surface area contributed by atoms with Crippen molar-refractivity contribution in [1.82, 2.24) is 5.32 Å². The van der Waals surface area contributed by atoms with Crippen LogP contribution in [0.15, 0.2) is 78.9 Å². The molecular weight excluding hydrogens is 316 g/mol. The highest BCUT2D eigenvalue weighted by Crippen LogP contribution is 2.48. The van der Waals surface area contributed by atoms with Gasteiger partial charge in [-0.05, 0) is 60.8 Å². The topological polar surface area (TPSA) is 15.3 Å². The Morgan fingerprint density at radius 1 is 0.692 bits per heavy atom. The zero-order chi connectivity index (χ0) is 17.3. The average molecular weight is 340 g/mol. The van der Waals surface area contributed by atoms with Gasteiger partial charge in [0.1, 0.15) is 0 Å². The molecule has 1 saturated heterocycles. The molecule has 2 aliphatic heterocycles. The summed E-state index contributed by atoms with van der Waals surface area (Å²) in [6, 6.07) is 29.3. The molecule has 2 atom stereocenters. The van der Waals surface area contributed by atoms with Gasteiger partial charge in [-0.1, -0.05) is 60.7 Å². The van der Waals surface area contributed by atoms with Crippen molar-refractivity contribution in [2.24, 2.45) is 0 Å². The first-order valence-electron chi connectivity index (χ1n) is 9.66. The molecule has 5 rings (SSSR count). The first kappa shape index (κ1) is 15.7. The van der Waals surface area contributed by atoms with Crippen molar-refractivity contribution in [3.63, 3.8) is 0 Å². The van der Waals surface area contributed by atoms with Gasteiger partial charge in [0, 0.05) is 23.3 Å². The van der Waals surface area contributed by atoms with Gasteiger partial charge in [-0.15, -0.1) is 0 Å². The van der Waals surface area contributed by atoms with E-state index >= 15 is 0 Å². The highest BCUT2D eigenvalue weighted by molar-refractivity contribution is 5.75. The van der Waals surface area contributed by atoms with Gasteiger partial charge in [0.05, 0.1) is 0 Å². The van der Waals surface area contributed by atoms with Gasteiger partial charge >= 0.3 is 0 Å². The molecule has 2 heterocycles. The van der Waals surface area contributed by atoms with Crippen molar-refractivity contribution in [3.8, 4) is 11.1 Å². The maximum atomic E-state index is 3.58. The Morgan fingerprint density at radius 3 is 2.23 bits per heavy atom. The number of fused-ring (bicyclic) bond motifs is 3. The van der Waals surface area contributed by atoms with Gasteiger partial charge in [-0.3, -0.25) is 0 Å². The van der Waals surface area contributed by atoms with E-state index in [4.69, 9.17) is 0 Å². The van der Waals surface area contributed by atoms with E-state index in [1.807, 2.05) is 0 Å². The summed E-state index contributed by atoms with van der Waals surface area (Å²) >= 11 is 0. The van der Waals surface area contributed by atoms with E-state index in [2.05, 4.69) is 89.1 Å². The van der Waals surface area contributed by atoms with E-state index in [9.17, 15) is 0 Å². The largest absolute Gasteiger partial charge is 0.337 e. The van der Waals surface area contributed by atoms with Crippen molar-refractivity contribution >= 4 is 11.4 Å². The predicted molar refractivity (Wildman–Crippen MR) is 109 cm³/mol. The molecule has 2 unspecified atom stereocenters. The lowest BCUT2D eigenvalue weighted by Crippen LogP contribution is -2.30. The van der Waals surface area contributed by atoms with Crippen molar-refractivity contribution in [2.75, 3.05) is 18.0 Å². The minimum absolute atomic E-state index is 0.560. The van der Waals surface area contributed by atoms with Crippen molar-refractivity contribution in [1.29, 1.82) is 0 Å². The second-order valence-corrected chi connectivity index (χ2v) is 7.34. The standard InChI is InChI=1S/C24H24N2/c1-2-6-18(7-3-1)19-10-12-20(13-11-19)26-23-9-5-4-8-21(23)22-14-16-25-17-15-24(22)26/h1-13,22,24-25H,14-17H2. The van der Waals surface area contributed by atoms with E-state index in [0.717, 1.165) is 13.1 Å². The first-order chi connectivity index (χ1) is 12.9. The summed E-state index contributed by atoms with van der Waals surface area (Å²) in [4.78, 5) is 2.59. The average Bonchev–Trinajstić information content (AvgIpc) is 2.85. The molecule has 0 amide bonds. The SMILES string of the molecule is c1ccc(-c2ccc(N3c4ccccc4C4CCNCCC43)cc2)cc1. The molecule has 2 heteroatoms. The molecular formula is C24H24N2. The normalized spacial score (nSPS) is 21.8. The lowest BCUT2D eigenvalue weighted by molar-refractivity contribution is 0.543. The van der Waals surface area contributed by atoms with E-state index in [-0.39, 0.29) is 0 Å². The van der Waals surface area contributed by atoms with Gasteiger partial charge in [0.15, 0.2) is 0 Å². The fraction of sp³-hybridized carbons (Fsp3) is 0.250. The molecule has 1 fully saturated rings. The minimum atomic E-state index is 0.560. The van der Waals surface area contributed by atoms with Crippen LogP contribution in [0.2, 0.25) is 0 Å². The van der Waals surface area contributed by atoms with E-state index < -0.39 is 0 Å². The smallest absolute Gasteiger partial charge is 0.0449 e. The predicted octanol–water partition coefficient (Wildman–Crippen LogP) is 5.34. The summed E-state index contributed by atoms with van der Waals surface area (Å²) in [5.41, 5.74) is 6.79. The third kappa shape index (κ3) is 2.62. The second-order valence-electron chi connectivity index (χ2n) is 7.34. The van der Waals surface area contributed by atoms with Gasteiger partial charge in [0.25, 0.3) is 0 Å². The molecule has 0 aliphatic carbocycles. The van der Waals surface area contributed by atoms with Gasteiger partial charge in [-0.25, -0.2) is 0 Å². The molecule has 0 spiro atoms. The maximum Gasteiger partial charge on any atom is 0.0449 e. The molecule has 26 heavy (non-hydrogen) atoms. The maximum absolute atomic E-state index is 3.58. The van der Waals surface area contributed by atoms with E-state index in [0.29, 0.717) is 12.0 Å². The summed E-state index contributed by atoms with van der Waals surface area (Å²) in [5, 5.41) is 3.58. The van der Waals surface area contributed by atoms with Crippen molar-refractivity contribution in [2.45, 2.75) is 24.8 Å². The van der Waals surface area contributed by atoms with Crippen LogP contribution in [0.3, 0.4) is 0 Å². The Labute approximate surface area is 155 Å². The number of anilines is 2.